The lowest BCUT2D eigenvalue weighted by Gasteiger charge is -2.13. The third-order valence-electron chi connectivity index (χ3n) is 3.22. The smallest absolute Gasteiger partial charge is 0.208 e. The van der Waals surface area contributed by atoms with Crippen molar-refractivity contribution in [1.82, 2.24) is 19.2 Å². The molecule has 0 aliphatic carbocycles. The number of fused-ring (bicyclic) bond motifs is 1. The molecule has 1 heterocycles. The molecule has 0 saturated heterocycles. The Morgan fingerprint density at radius 3 is 2.67 bits per heavy atom. The Morgan fingerprint density at radius 2 is 2.00 bits per heavy atom. The summed E-state index contributed by atoms with van der Waals surface area (Å²) in [4.78, 5) is 6.74. The molecule has 116 valence electrons. The maximum Gasteiger partial charge on any atom is 0.208 e. The van der Waals surface area contributed by atoms with Gasteiger partial charge in [0.15, 0.2) is 0 Å². The predicted molar refractivity (Wildman–Crippen MR) is 84.8 cm³/mol. The normalized spacial score (nSPS) is 12.4. The number of likely N-dealkylation sites (N-methyl/N-ethyl adjacent to an activating group) is 1. The number of hydrogen-bond donors (Lipinski definition) is 1. The van der Waals surface area contributed by atoms with Gasteiger partial charge in [0.25, 0.3) is 0 Å². The Hall–Kier alpha value is -1.44. The number of imidazole rings is 1. The van der Waals surface area contributed by atoms with Crippen molar-refractivity contribution < 1.29 is 8.42 Å². The molecule has 0 radical (unpaired) electrons. The van der Waals surface area contributed by atoms with E-state index in [9.17, 15) is 8.42 Å². The number of sulfonamides is 1. The number of para-hydroxylation sites is 2. The predicted octanol–water partition coefficient (Wildman–Crippen LogP) is 0.690. The van der Waals surface area contributed by atoms with Gasteiger partial charge in [0.2, 0.25) is 10.0 Å². The number of nitrogens with zero attached hydrogens (tertiary/aromatic N) is 3. The molecule has 0 aliphatic heterocycles. The standard InChI is InChI=1S/C14H22N4O2S/c1-17(2)10-11-18-13-7-5-4-6-12(13)16-14(18)8-9-15-21(3,19)20/h4-7,15H,8-11H2,1-3H3. The van der Waals surface area contributed by atoms with E-state index in [1.807, 2.05) is 38.4 Å². The largest absolute Gasteiger partial charge is 0.327 e. The molecule has 0 fully saturated rings. The van der Waals surface area contributed by atoms with E-state index in [0.29, 0.717) is 13.0 Å². The van der Waals surface area contributed by atoms with Crippen molar-refractivity contribution in [3.63, 3.8) is 0 Å². The van der Waals surface area contributed by atoms with Crippen LogP contribution in [0.2, 0.25) is 0 Å². The van der Waals surface area contributed by atoms with Crippen molar-refractivity contribution >= 4 is 21.1 Å². The highest BCUT2D eigenvalue weighted by Crippen LogP contribution is 2.16. The van der Waals surface area contributed by atoms with Gasteiger partial charge in [-0.1, -0.05) is 12.1 Å². The number of aromatic nitrogens is 2. The average molecular weight is 310 g/mol. The van der Waals surface area contributed by atoms with Crippen molar-refractivity contribution in [3.8, 4) is 0 Å². The molecule has 2 rings (SSSR count). The topological polar surface area (TPSA) is 67.2 Å². The fourth-order valence-electron chi connectivity index (χ4n) is 2.21. The minimum Gasteiger partial charge on any atom is -0.327 e. The second-order valence-electron chi connectivity index (χ2n) is 5.39. The first-order chi connectivity index (χ1) is 9.87. The van der Waals surface area contributed by atoms with E-state index < -0.39 is 10.0 Å². The maximum absolute atomic E-state index is 11.1. The molecule has 7 heteroatoms. The van der Waals surface area contributed by atoms with Crippen LogP contribution in [-0.4, -0.2) is 56.3 Å². The second kappa shape index (κ2) is 6.55. The van der Waals surface area contributed by atoms with Crippen LogP contribution in [0.15, 0.2) is 24.3 Å². The van der Waals surface area contributed by atoms with Crippen molar-refractivity contribution in [2.75, 3.05) is 33.4 Å². The summed E-state index contributed by atoms with van der Waals surface area (Å²) < 4.78 is 27.0. The highest BCUT2D eigenvalue weighted by molar-refractivity contribution is 7.88. The van der Waals surface area contributed by atoms with Crippen LogP contribution in [0.25, 0.3) is 11.0 Å². The molecule has 0 atom stereocenters. The Bertz CT molecular complexity index is 707. The number of rotatable bonds is 7. The summed E-state index contributed by atoms with van der Waals surface area (Å²) in [6.07, 6.45) is 1.75. The van der Waals surface area contributed by atoms with Gasteiger partial charge in [-0.3, -0.25) is 0 Å². The minimum atomic E-state index is -3.16. The zero-order valence-corrected chi connectivity index (χ0v) is 13.5. The van der Waals surface area contributed by atoms with Gasteiger partial charge in [-0.05, 0) is 26.2 Å². The van der Waals surface area contributed by atoms with Gasteiger partial charge in [0.05, 0.1) is 17.3 Å². The summed E-state index contributed by atoms with van der Waals surface area (Å²) in [5.74, 6) is 0.911. The molecule has 6 nitrogen and oxygen atoms in total. The Morgan fingerprint density at radius 1 is 1.29 bits per heavy atom. The van der Waals surface area contributed by atoms with Gasteiger partial charge in [0.1, 0.15) is 5.82 Å². The fraction of sp³-hybridized carbons (Fsp3) is 0.500. The summed E-state index contributed by atoms with van der Waals surface area (Å²) in [5.41, 5.74) is 2.04. The molecular formula is C14H22N4O2S. The molecule has 0 saturated carbocycles. The monoisotopic (exact) mass is 310 g/mol. The summed E-state index contributed by atoms with van der Waals surface area (Å²) in [5, 5.41) is 0. The first-order valence-electron chi connectivity index (χ1n) is 6.90. The van der Waals surface area contributed by atoms with Crippen molar-refractivity contribution in [1.29, 1.82) is 0 Å². The fourth-order valence-corrected chi connectivity index (χ4v) is 2.69. The molecule has 1 aromatic heterocycles. The van der Waals surface area contributed by atoms with Crippen LogP contribution < -0.4 is 4.72 Å². The second-order valence-corrected chi connectivity index (χ2v) is 7.22. The van der Waals surface area contributed by atoms with Gasteiger partial charge >= 0.3 is 0 Å². The number of hydrogen-bond acceptors (Lipinski definition) is 4. The lowest BCUT2D eigenvalue weighted by molar-refractivity contribution is 0.383. The summed E-state index contributed by atoms with van der Waals surface area (Å²) >= 11 is 0. The first-order valence-corrected chi connectivity index (χ1v) is 8.79. The molecule has 0 bridgehead atoms. The highest BCUT2D eigenvalue weighted by Gasteiger charge is 2.11. The molecule has 2 aromatic rings. The third-order valence-corrected chi connectivity index (χ3v) is 3.95. The van der Waals surface area contributed by atoms with Crippen LogP contribution in [0.5, 0.6) is 0 Å². The van der Waals surface area contributed by atoms with Crippen molar-refractivity contribution in [2.24, 2.45) is 0 Å². The third kappa shape index (κ3) is 4.52. The molecular weight excluding hydrogens is 288 g/mol. The van der Waals surface area contributed by atoms with Crippen LogP contribution >= 0.6 is 0 Å². The summed E-state index contributed by atoms with van der Waals surface area (Å²) in [6.45, 7) is 2.11. The molecule has 0 spiro atoms. The summed E-state index contributed by atoms with van der Waals surface area (Å²) in [6, 6.07) is 7.99. The van der Waals surface area contributed by atoms with E-state index in [4.69, 9.17) is 0 Å². The van der Waals surface area contributed by atoms with E-state index in [1.165, 1.54) is 6.26 Å². The Labute approximate surface area is 125 Å². The Kier molecular flexibility index (Phi) is 4.97. The van der Waals surface area contributed by atoms with Crippen LogP contribution in [0.1, 0.15) is 5.82 Å². The average Bonchev–Trinajstić information content (AvgIpc) is 2.72. The maximum atomic E-state index is 11.1. The van der Waals surface area contributed by atoms with Crippen molar-refractivity contribution in [3.05, 3.63) is 30.1 Å². The first kappa shape index (κ1) is 15.9. The van der Waals surface area contributed by atoms with E-state index >= 15 is 0 Å². The lowest BCUT2D eigenvalue weighted by Crippen LogP contribution is -2.26. The van der Waals surface area contributed by atoms with E-state index in [1.54, 1.807) is 0 Å². The van der Waals surface area contributed by atoms with Gasteiger partial charge in [-0.2, -0.15) is 0 Å². The lowest BCUT2D eigenvalue weighted by atomic mass is 10.3. The van der Waals surface area contributed by atoms with Crippen molar-refractivity contribution in [2.45, 2.75) is 13.0 Å². The minimum absolute atomic E-state index is 0.365. The van der Waals surface area contributed by atoms with Gasteiger partial charge in [-0.15, -0.1) is 0 Å². The van der Waals surface area contributed by atoms with Crippen LogP contribution in [0.3, 0.4) is 0 Å². The summed E-state index contributed by atoms with van der Waals surface area (Å²) in [7, 11) is 0.905. The van der Waals surface area contributed by atoms with Gasteiger partial charge in [0, 0.05) is 26.1 Å². The molecule has 1 aromatic carbocycles. The van der Waals surface area contributed by atoms with E-state index in [2.05, 4.69) is 19.2 Å². The number of nitrogens with one attached hydrogen (secondary N) is 1. The molecule has 0 aliphatic rings. The molecule has 0 unspecified atom stereocenters. The van der Waals surface area contributed by atoms with Gasteiger partial charge < -0.3 is 9.47 Å². The SMILES string of the molecule is CN(C)CCn1c(CCNS(C)(=O)=O)nc2ccccc21. The quantitative estimate of drug-likeness (QED) is 0.817. The Balaban J connectivity index is 2.22. The van der Waals surface area contributed by atoms with Crippen LogP contribution in [0, 0.1) is 0 Å². The molecule has 21 heavy (non-hydrogen) atoms. The van der Waals surface area contributed by atoms with Crippen LogP contribution in [0.4, 0.5) is 0 Å². The molecule has 1 N–H and O–H groups in total. The molecule has 0 amide bonds. The van der Waals surface area contributed by atoms with Crippen LogP contribution in [-0.2, 0) is 23.0 Å². The highest BCUT2D eigenvalue weighted by atomic mass is 32.2. The zero-order chi connectivity index (χ0) is 15.5. The number of benzene rings is 1. The van der Waals surface area contributed by atoms with E-state index in [0.717, 1.165) is 29.9 Å². The van der Waals surface area contributed by atoms with Gasteiger partial charge in [-0.25, -0.2) is 18.1 Å². The zero-order valence-electron chi connectivity index (χ0n) is 12.7. The van der Waals surface area contributed by atoms with E-state index in [-0.39, 0.29) is 0 Å².